The van der Waals surface area contributed by atoms with Crippen LogP contribution in [0.15, 0.2) is 0 Å². The third kappa shape index (κ3) is 11.0. The number of amides is 5. The van der Waals surface area contributed by atoms with Gasteiger partial charge in [-0.3, -0.25) is 19.2 Å². The molecule has 50 heavy (non-hydrogen) atoms. The van der Waals surface area contributed by atoms with Crippen molar-refractivity contribution in [3.05, 3.63) is 0 Å². The second-order valence-corrected chi connectivity index (χ2v) is 18.2. The summed E-state index contributed by atoms with van der Waals surface area (Å²) >= 11 is 2.69. The summed E-state index contributed by atoms with van der Waals surface area (Å²) in [6.45, 7) is 16.1. The lowest BCUT2D eigenvalue weighted by molar-refractivity contribution is -0.262. The number of piperidine rings is 1. The molecule has 2 unspecified atom stereocenters. The molecule has 0 aromatic carbocycles. The van der Waals surface area contributed by atoms with Gasteiger partial charge in [0.2, 0.25) is 17.6 Å². The summed E-state index contributed by atoms with van der Waals surface area (Å²) in [5, 5.41) is 11.5. The largest absolute Gasteiger partial charge is 0.349 e. The molecular weight excluding hydrogens is 679 g/mol. The smallest absolute Gasteiger partial charge is 0.315 e. The van der Waals surface area contributed by atoms with Crippen molar-refractivity contribution in [1.29, 1.82) is 0 Å². The van der Waals surface area contributed by atoms with Crippen molar-refractivity contribution in [3.63, 3.8) is 0 Å². The zero-order chi connectivity index (χ0) is 37.5. The number of carbonyl (C=O) groups is 5. The number of terminal acetylenes is 1. The number of ketones is 1. The Morgan fingerprint density at radius 1 is 1.02 bits per heavy atom. The van der Waals surface area contributed by atoms with Crippen LogP contribution in [0.5, 0.6) is 0 Å². The van der Waals surface area contributed by atoms with Gasteiger partial charge in [-0.15, -0.1) is 12.3 Å². The van der Waals surface area contributed by atoms with Crippen LogP contribution >= 0.6 is 23.8 Å². The highest BCUT2D eigenvalue weighted by atomic mass is 32.2. The van der Waals surface area contributed by atoms with Gasteiger partial charge in [-0.1, -0.05) is 53.9 Å². The lowest BCUT2D eigenvalue weighted by Gasteiger charge is -2.40. The first-order valence-corrected chi connectivity index (χ1v) is 20.0. The van der Waals surface area contributed by atoms with E-state index >= 15 is 0 Å². The molecule has 4 N–H and O–H groups in total. The fourth-order valence-electron chi connectivity index (χ4n) is 7.10. The summed E-state index contributed by atoms with van der Waals surface area (Å²) in [6, 6.07) is -3.42. The van der Waals surface area contributed by atoms with Crippen LogP contribution in [0.4, 0.5) is 4.79 Å². The van der Waals surface area contributed by atoms with E-state index in [1.807, 2.05) is 47.8 Å². The van der Waals surface area contributed by atoms with E-state index < -0.39 is 58.3 Å². The average Bonchev–Trinajstić information content (AvgIpc) is 3.33. The van der Waals surface area contributed by atoms with Crippen LogP contribution < -0.4 is 21.3 Å². The van der Waals surface area contributed by atoms with E-state index in [-0.39, 0.29) is 36.0 Å². The number of Topliss-reactive ketones (excluding diaryl/α,β-unsaturated/α-hetero) is 1. The summed E-state index contributed by atoms with van der Waals surface area (Å²) in [4.78, 5) is 75.0. The number of nitrogens with zero attached hydrogens (tertiary/aromatic N) is 1. The summed E-state index contributed by atoms with van der Waals surface area (Å²) in [5.74, 6) is 1.11. The highest BCUT2D eigenvalue weighted by Crippen LogP contribution is 2.65. The number of rotatable bonds is 16. The molecule has 0 spiro atoms. The third-order valence-electron chi connectivity index (χ3n) is 10.0. The Kier molecular flexibility index (Phi) is 14.6. The van der Waals surface area contributed by atoms with Crippen LogP contribution in [0.2, 0.25) is 0 Å². The van der Waals surface area contributed by atoms with Crippen LogP contribution in [-0.4, -0.2) is 94.6 Å². The highest BCUT2D eigenvalue weighted by Gasteiger charge is 2.70. The van der Waals surface area contributed by atoms with Gasteiger partial charge >= 0.3 is 6.03 Å². The van der Waals surface area contributed by atoms with Gasteiger partial charge in [0.25, 0.3) is 5.91 Å². The van der Waals surface area contributed by atoms with Gasteiger partial charge in [0, 0.05) is 43.1 Å². The van der Waals surface area contributed by atoms with Crippen LogP contribution in [0.3, 0.4) is 0 Å². The quantitative estimate of drug-likeness (QED) is 0.0455. The minimum atomic E-state index is -1.13. The minimum absolute atomic E-state index is 0.0733. The number of urea groups is 1. The molecule has 0 aromatic heterocycles. The monoisotopic (exact) mass is 737 g/mol. The molecule has 3 fully saturated rings. The Morgan fingerprint density at radius 2 is 1.68 bits per heavy atom. The zero-order valence-electron chi connectivity index (χ0n) is 31.4. The van der Waals surface area contributed by atoms with Crippen molar-refractivity contribution in [2.75, 3.05) is 30.9 Å². The second kappa shape index (κ2) is 17.4. The van der Waals surface area contributed by atoms with Gasteiger partial charge < -0.3 is 26.2 Å². The van der Waals surface area contributed by atoms with Gasteiger partial charge in [-0.2, -0.15) is 16.1 Å². The van der Waals surface area contributed by atoms with Gasteiger partial charge in [0.1, 0.15) is 12.1 Å². The summed E-state index contributed by atoms with van der Waals surface area (Å²) in [6.07, 6.45) is 12.2. The summed E-state index contributed by atoms with van der Waals surface area (Å²) in [7, 11) is 0. The van der Waals surface area contributed by atoms with E-state index in [1.54, 1.807) is 4.90 Å². The fraction of sp³-hybridized carbons (Fsp3) is 0.806. The molecule has 1 saturated heterocycles. The van der Waals surface area contributed by atoms with E-state index in [0.29, 0.717) is 24.6 Å². The number of fused-ring (bicyclic) bond motifs is 1. The number of hydrogen-bond acceptors (Lipinski definition) is 9. The molecule has 1 aliphatic heterocycles. The van der Waals surface area contributed by atoms with Crippen LogP contribution in [-0.2, 0) is 28.4 Å². The van der Waals surface area contributed by atoms with E-state index in [1.165, 1.54) is 11.8 Å². The molecule has 0 bridgehead atoms. The molecule has 12 nitrogen and oxygen atoms in total. The maximum atomic E-state index is 14.4. The van der Waals surface area contributed by atoms with Crippen LogP contribution in [0, 0.1) is 35.0 Å². The number of hydrogen-bond donors (Lipinski definition) is 4. The first-order valence-electron chi connectivity index (χ1n) is 17.7. The van der Waals surface area contributed by atoms with E-state index in [4.69, 9.17) is 15.6 Å². The fourth-order valence-corrected chi connectivity index (χ4v) is 8.29. The number of carbonyl (C=O) groups excluding carboxylic acids is 5. The minimum Gasteiger partial charge on any atom is -0.349 e. The molecular formula is C36H59N5O7S2. The first-order chi connectivity index (χ1) is 23.3. The van der Waals surface area contributed by atoms with Crippen molar-refractivity contribution in [2.24, 2.45) is 22.7 Å². The normalized spacial score (nSPS) is 23.4. The summed E-state index contributed by atoms with van der Waals surface area (Å²) < 4.78 is 5.40. The number of thioether (sulfide) groups is 1. The Balaban J connectivity index is 1.78. The summed E-state index contributed by atoms with van der Waals surface area (Å²) in [5.41, 5.74) is -1.91. The number of nitrogens with one attached hydrogen (secondary N) is 4. The van der Waals surface area contributed by atoms with Gasteiger partial charge in [-0.25, -0.2) is 9.68 Å². The molecule has 3 rings (SSSR count). The van der Waals surface area contributed by atoms with Crippen molar-refractivity contribution >= 4 is 53.3 Å². The molecule has 2 saturated carbocycles. The zero-order valence-corrected chi connectivity index (χ0v) is 33.0. The third-order valence-corrected chi connectivity index (χ3v) is 11.5. The van der Waals surface area contributed by atoms with Gasteiger partial charge in [0.05, 0.1) is 17.2 Å². The van der Waals surface area contributed by atoms with E-state index in [2.05, 4.69) is 41.0 Å². The lowest BCUT2D eigenvalue weighted by Crippen LogP contribution is -2.63. The SMILES string of the molecule is C#CCCC(NC(=O)[C@@H]1[C@@H]2C(CN1C(=O)[C@@H](NC(=O)NC1(CSOOC(C)(C)C)CCCCC1)C(C)(C)C)C2(C)C)C(=O)C(=O)NCCSC. The van der Waals surface area contributed by atoms with Gasteiger partial charge in [0.15, 0.2) is 0 Å². The topological polar surface area (TPSA) is 155 Å². The molecule has 3 aliphatic rings. The molecule has 14 heteroatoms. The maximum absolute atomic E-state index is 14.4. The molecule has 1 heterocycles. The van der Waals surface area contributed by atoms with Crippen molar-refractivity contribution < 1.29 is 33.2 Å². The molecule has 0 aromatic rings. The molecule has 0 radical (unpaired) electrons. The Bertz CT molecular complexity index is 1280. The van der Waals surface area contributed by atoms with E-state index in [9.17, 15) is 24.0 Å². The van der Waals surface area contributed by atoms with Gasteiger partial charge in [-0.05, 0) is 69.0 Å². The average molecular weight is 738 g/mol. The Morgan fingerprint density at radius 3 is 2.26 bits per heavy atom. The van der Waals surface area contributed by atoms with Crippen LogP contribution in [0.1, 0.15) is 100 Å². The highest BCUT2D eigenvalue weighted by molar-refractivity contribution is 7.98. The predicted molar refractivity (Wildman–Crippen MR) is 198 cm³/mol. The van der Waals surface area contributed by atoms with Crippen molar-refractivity contribution in [3.8, 4) is 12.3 Å². The molecule has 5 atom stereocenters. The first kappa shape index (κ1) is 41.9. The standard InChI is InChI=1S/C36H59N5O7S2/c1-11-12-16-24(27(42)30(44)37-19-20-49-10)38-29(43)26-25-23(35(25,8)9)21-41(26)31(45)28(33(2,3)4)39-32(46)40-36(17-14-13-15-18-36)22-50-48-47-34(5,6)7/h1,23-26,28H,12-22H2,2-10H3,(H,37,44)(H,38,43)(H2,39,40,46)/t23?,24?,25-,26-,28+/m0/s1. The molecule has 282 valence electrons. The van der Waals surface area contributed by atoms with Crippen LogP contribution in [0.25, 0.3) is 0 Å². The molecule has 2 aliphatic carbocycles. The van der Waals surface area contributed by atoms with Crippen molar-refractivity contribution in [1.82, 2.24) is 26.2 Å². The van der Waals surface area contributed by atoms with E-state index in [0.717, 1.165) is 44.1 Å². The van der Waals surface area contributed by atoms with Crippen molar-refractivity contribution in [2.45, 2.75) is 130 Å². The molecule has 5 amide bonds. The second-order valence-electron chi connectivity index (χ2n) is 16.6. The lowest BCUT2D eigenvalue weighted by atomic mass is 9.83. The predicted octanol–water partition coefficient (Wildman–Crippen LogP) is 4.23. The Labute approximate surface area is 307 Å². The number of likely N-dealkylation sites (tertiary alicyclic amines) is 1. The maximum Gasteiger partial charge on any atom is 0.315 e. The Hall–Kier alpha value is -2.47.